The van der Waals surface area contributed by atoms with Gasteiger partial charge in [-0.3, -0.25) is 24.2 Å². The number of aromatic nitrogens is 8. The van der Waals surface area contributed by atoms with Gasteiger partial charge >= 0.3 is 0 Å². The number of H-pyrrole nitrogens is 2. The van der Waals surface area contributed by atoms with Crippen molar-refractivity contribution in [2.24, 2.45) is 7.05 Å². The largest absolute Gasteiger partial charge is 0.350 e. The van der Waals surface area contributed by atoms with Crippen molar-refractivity contribution in [1.29, 1.82) is 0 Å². The minimum Gasteiger partial charge on any atom is -0.350 e. The number of pyridine rings is 2. The molecular formula is C47H38N10O6S2. The summed E-state index contributed by atoms with van der Waals surface area (Å²) in [5, 5.41) is 16.5. The maximum absolute atomic E-state index is 13.2. The minimum atomic E-state index is -3.72. The summed E-state index contributed by atoms with van der Waals surface area (Å²) < 4.78 is 55.8. The topological polar surface area (TPSA) is 219 Å². The number of carbonyl (C=O) groups excluding carboxylic acids is 2. The lowest BCUT2D eigenvalue weighted by Gasteiger charge is -2.09. The van der Waals surface area contributed by atoms with E-state index in [0.717, 1.165) is 38.3 Å². The number of nitrogens with one attached hydrogen (secondary N) is 4. The van der Waals surface area contributed by atoms with Gasteiger partial charge in [-0.15, -0.1) is 0 Å². The molecule has 18 heteroatoms. The molecule has 0 unspecified atom stereocenters. The van der Waals surface area contributed by atoms with E-state index in [4.69, 9.17) is 0 Å². The molecule has 16 nitrogen and oxygen atoms in total. The molecule has 0 aliphatic heterocycles. The molecule has 0 spiro atoms. The van der Waals surface area contributed by atoms with Crippen LogP contribution in [-0.4, -0.2) is 68.1 Å². The number of aryl methyl sites for hydroxylation is 1. The lowest BCUT2D eigenvalue weighted by molar-refractivity contribution is 0.0939. The Bertz CT molecular complexity index is 3520. The molecule has 0 aliphatic carbocycles. The molecule has 0 radical (unpaired) electrons. The first-order valence-electron chi connectivity index (χ1n) is 20.0. The zero-order chi connectivity index (χ0) is 45.1. The fraction of sp³-hybridized carbons (Fsp3) is 0.0638. The van der Waals surface area contributed by atoms with Crippen molar-refractivity contribution in [3.63, 3.8) is 0 Å². The van der Waals surface area contributed by atoms with Gasteiger partial charge in [0, 0.05) is 84.5 Å². The van der Waals surface area contributed by atoms with Crippen LogP contribution in [0.3, 0.4) is 0 Å². The number of amides is 2. The lowest BCUT2D eigenvalue weighted by atomic mass is 10.2. The molecule has 4 aromatic carbocycles. The Morgan fingerprint density at radius 1 is 0.569 bits per heavy atom. The van der Waals surface area contributed by atoms with Crippen LogP contribution in [0.15, 0.2) is 184 Å². The van der Waals surface area contributed by atoms with E-state index in [1.54, 1.807) is 175 Å². The van der Waals surface area contributed by atoms with Crippen LogP contribution >= 0.6 is 0 Å². The van der Waals surface area contributed by atoms with E-state index >= 15 is 0 Å². The maximum atomic E-state index is 13.2. The van der Waals surface area contributed by atoms with Crippen LogP contribution in [-0.2, 0) is 39.8 Å². The van der Waals surface area contributed by atoms with Crippen LogP contribution in [0.2, 0.25) is 0 Å². The van der Waals surface area contributed by atoms with E-state index in [1.807, 2.05) is 6.07 Å². The molecule has 0 saturated heterocycles. The Balaban J connectivity index is 0.000000164. The summed E-state index contributed by atoms with van der Waals surface area (Å²) in [4.78, 5) is 39.9. The molecule has 0 aliphatic rings. The standard InChI is InChI=1S/C24H19N5O3S.C23H19N5O3S/c30-24(23-13-18-16-25-11-9-22(18)28-23)26-15-17-5-7-20(8-6-17)33(31,32)21-4-1-3-19(14-21)29-12-2-10-27-29;1-28-22-16(14-26-28)3-2-4-21(22)32(30,31)18-7-5-15(6-8-18)12-25-23(29)20-11-17-13-24-10-9-19(17)27-20/h1-14,16,28H,15H2,(H,26,30);2-11,13-14,27H,12H2,1H3,(H,25,29). The molecule has 10 aromatic rings. The second kappa shape index (κ2) is 17.5. The number of benzene rings is 4. The first kappa shape index (κ1) is 42.1. The van der Waals surface area contributed by atoms with E-state index in [0.29, 0.717) is 22.6 Å². The van der Waals surface area contributed by atoms with Crippen LogP contribution in [0.25, 0.3) is 38.4 Å². The van der Waals surface area contributed by atoms with Gasteiger partial charge in [0.1, 0.15) is 11.4 Å². The van der Waals surface area contributed by atoms with Gasteiger partial charge in [0.05, 0.1) is 37.0 Å². The van der Waals surface area contributed by atoms with Crippen molar-refractivity contribution in [1.82, 2.24) is 50.1 Å². The lowest BCUT2D eigenvalue weighted by Crippen LogP contribution is -2.23. The first-order chi connectivity index (χ1) is 31.4. The average molecular weight is 903 g/mol. The summed E-state index contributed by atoms with van der Waals surface area (Å²) in [7, 11) is -5.70. The second-order valence-corrected chi connectivity index (χ2v) is 18.7. The maximum Gasteiger partial charge on any atom is 0.267 e. The Labute approximate surface area is 371 Å². The zero-order valence-corrected chi connectivity index (χ0v) is 36.1. The molecule has 6 aromatic heterocycles. The smallest absolute Gasteiger partial charge is 0.267 e. The van der Waals surface area contributed by atoms with E-state index in [1.165, 1.54) is 0 Å². The number of nitrogens with zero attached hydrogens (tertiary/aromatic N) is 6. The molecule has 4 N–H and O–H groups in total. The highest BCUT2D eigenvalue weighted by Gasteiger charge is 2.23. The Morgan fingerprint density at radius 2 is 1.14 bits per heavy atom. The van der Waals surface area contributed by atoms with Crippen LogP contribution in [0.1, 0.15) is 32.1 Å². The van der Waals surface area contributed by atoms with Gasteiger partial charge in [0.25, 0.3) is 11.8 Å². The van der Waals surface area contributed by atoms with Crippen molar-refractivity contribution in [2.75, 3.05) is 0 Å². The Hall–Kier alpha value is -8.22. The SMILES string of the molecule is Cn1ncc2cccc(S(=O)(=O)c3ccc(CNC(=O)c4cc5cnccc5[nH]4)cc3)c21.O=C(NCc1ccc(S(=O)(=O)c2cccc(-n3cccn3)c2)cc1)c1cc2cnccc2[nH]1. The highest BCUT2D eigenvalue weighted by molar-refractivity contribution is 7.92. The normalized spacial score (nSPS) is 11.6. The second-order valence-electron chi connectivity index (χ2n) is 14.9. The van der Waals surface area contributed by atoms with Crippen molar-refractivity contribution >= 4 is 64.2 Å². The van der Waals surface area contributed by atoms with Crippen LogP contribution in [0.5, 0.6) is 0 Å². The Kier molecular flexibility index (Phi) is 11.3. The molecule has 324 valence electrons. The van der Waals surface area contributed by atoms with Crippen LogP contribution in [0, 0.1) is 0 Å². The van der Waals surface area contributed by atoms with Crippen LogP contribution < -0.4 is 10.6 Å². The van der Waals surface area contributed by atoms with Crippen molar-refractivity contribution in [3.05, 3.63) is 187 Å². The average Bonchev–Trinajstić information content (AvgIpc) is 4.18. The van der Waals surface area contributed by atoms with E-state index in [-0.39, 0.29) is 44.5 Å². The number of hydrogen-bond acceptors (Lipinski definition) is 10. The molecule has 0 atom stereocenters. The van der Waals surface area contributed by atoms with Gasteiger partial charge in [-0.05, 0) is 90.0 Å². The number of aromatic amines is 2. The molecular weight excluding hydrogens is 865 g/mol. The fourth-order valence-corrected chi connectivity index (χ4v) is 10.0. The minimum absolute atomic E-state index is 0.179. The summed E-state index contributed by atoms with van der Waals surface area (Å²) in [5.41, 5.74) is 5.35. The Morgan fingerprint density at radius 3 is 1.69 bits per heavy atom. The number of hydrogen-bond donors (Lipinski definition) is 4. The van der Waals surface area contributed by atoms with E-state index in [9.17, 15) is 26.4 Å². The summed E-state index contributed by atoms with van der Waals surface area (Å²) in [6.45, 7) is 0.533. The van der Waals surface area contributed by atoms with Gasteiger partial charge < -0.3 is 20.6 Å². The molecule has 0 bridgehead atoms. The fourth-order valence-electron chi connectivity index (χ4n) is 7.21. The summed E-state index contributed by atoms with van der Waals surface area (Å²) >= 11 is 0. The van der Waals surface area contributed by atoms with Crippen LogP contribution in [0.4, 0.5) is 0 Å². The van der Waals surface area contributed by atoms with Gasteiger partial charge in [-0.1, -0.05) is 42.5 Å². The molecule has 0 fully saturated rings. The van der Waals surface area contributed by atoms with Crippen molar-refractivity contribution in [3.8, 4) is 5.69 Å². The molecule has 10 rings (SSSR count). The number of sulfone groups is 2. The number of rotatable bonds is 11. The number of fused-ring (bicyclic) bond motifs is 3. The summed E-state index contributed by atoms with van der Waals surface area (Å²) in [6, 6.07) is 33.6. The molecule has 2 amide bonds. The van der Waals surface area contributed by atoms with Crippen molar-refractivity contribution in [2.45, 2.75) is 32.7 Å². The zero-order valence-electron chi connectivity index (χ0n) is 34.5. The molecule has 6 heterocycles. The first-order valence-corrected chi connectivity index (χ1v) is 23.0. The van der Waals surface area contributed by atoms with Gasteiger partial charge in [-0.2, -0.15) is 10.2 Å². The quantitative estimate of drug-likeness (QED) is 0.107. The monoisotopic (exact) mass is 902 g/mol. The highest BCUT2D eigenvalue weighted by atomic mass is 32.2. The summed E-state index contributed by atoms with van der Waals surface area (Å²) in [5.74, 6) is -0.501. The third-order valence-electron chi connectivity index (χ3n) is 10.6. The third-order valence-corrected chi connectivity index (χ3v) is 14.2. The van der Waals surface area contributed by atoms with E-state index < -0.39 is 19.7 Å². The number of carbonyl (C=O) groups is 2. The summed E-state index contributed by atoms with van der Waals surface area (Å²) in [6.07, 6.45) is 11.7. The van der Waals surface area contributed by atoms with Gasteiger partial charge in [0.2, 0.25) is 19.7 Å². The predicted molar refractivity (Wildman–Crippen MR) is 243 cm³/mol. The van der Waals surface area contributed by atoms with Gasteiger partial charge in [0.15, 0.2) is 0 Å². The highest BCUT2D eigenvalue weighted by Crippen LogP contribution is 2.29. The third kappa shape index (κ3) is 8.75. The molecule has 65 heavy (non-hydrogen) atoms. The van der Waals surface area contributed by atoms with Gasteiger partial charge in [-0.25, -0.2) is 21.5 Å². The predicted octanol–water partition coefficient (Wildman–Crippen LogP) is 6.72. The van der Waals surface area contributed by atoms with E-state index in [2.05, 4.69) is 40.8 Å². The number of para-hydroxylation sites is 1. The van der Waals surface area contributed by atoms with Crippen molar-refractivity contribution < 1.29 is 26.4 Å². The molecule has 0 saturated carbocycles.